The van der Waals surface area contributed by atoms with E-state index < -0.39 is 0 Å². The fourth-order valence-corrected chi connectivity index (χ4v) is 2.29. The van der Waals surface area contributed by atoms with Crippen LogP contribution in [0.3, 0.4) is 0 Å². The average Bonchev–Trinajstić information content (AvgIpc) is 2.17. The summed E-state index contributed by atoms with van der Waals surface area (Å²) < 4.78 is 0. The molecule has 0 aromatic heterocycles. The number of benzene rings is 1. The molecule has 0 saturated heterocycles. The summed E-state index contributed by atoms with van der Waals surface area (Å²) in [6.45, 7) is 0.362. The fraction of sp³-hybridized carbons (Fsp3) is 0.455. The molecule has 4 heteroatoms. The zero-order valence-electron chi connectivity index (χ0n) is 8.35. The van der Waals surface area contributed by atoms with E-state index in [1.165, 1.54) is 18.2 Å². The highest BCUT2D eigenvalue weighted by molar-refractivity contribution is 5.45. The van der Waals surface area contributed by atoms with Crippen LogP contribution in [-0.2, 0) is 5.41 Å². The first-order valence-corrected chi connectivity index (χ1v) is 4.98. The summed E-state index contributed by atoms with van der Waals surface area (Å²) in [5, 5.41) is 28.4. The van der Waals surface area contributed by atoms with Crippen LogP contribution in [0.15, 0.2) is 18.2 Å². The van der Waals surface area contributed by atoms with Gasteiger partial charge < -0.3 is 21.1 Å². The third-order valence-corrected chi connectivity index (χ3v) is 3.19. The topological polar surface area (TPSA) is 86.7 Å². The molecule has 0 aliphatic heterocycles. The number of aromatic hydroxyl groups is 2. The third-order valence-electron chi connectivity index (χ3n) is 3.19. The van der Waals surface area contributed by atoms with Crippen molar-refractivity contribution in [3.8, 4) is 11.5 Å². The van der Waals surface area contributed by atoms with Gasteiger partial charge in [-0.15, -0.1) is 0 Å². The number of nitrogens with two attached hydrogens (primary N) is 1. The number of hydrogen-bond donors (Lipinski definition) is 4. The highest BCUT2D eigenvalue weighted by Gasteiger charge is 2.45. The molecule has 15 heavy (non-hydrogen) atoms. The second-order valence-electron chi connectivity index (χ2n) is 4.25. The molecule has 1 aliphatic carbocycles. The lowest BCUT2D eigenvalue weighted by molar-refractivity contribution is 0.0210. The van der Waals surface area contributed by atoms with Gasteiger partial charge in [0.1, 0.15) is 11.5 Å². The molecule has 0 spiro atoms. The van der Waals surface area contributed by atoms with Gasteiger partial charge >= 0.3 is 0 Å². The van der Waals surface area contributed by atoms with Crippen LogP contribution in [0.4, 0.5) is 0 Å². The van der Waals surface area contributed by atoms with Gasteiger partial charge in [-0.3, -0.25) is 0 Å². The van der Waals surface area contributed by atoms with Crippen molar-refractivity contribution in [1.82, 2.24) is 0 Å². The van der Waals surface area contributed by atoms with Gasteiger partial charge in [0.15, 0.2) is 0 Å². The standard InChI is InChI=1S/C11H15NO3/c12-6-11(4-8(14)5-11)9-3-7(13)1-2-10(9)15/h1-3,8,13-15H,4-6,12H2. The molecule has 1 saturated carbocycles. The summed E-state index contributed by atoms with van der Waals surface area (Å²) in [7, 11) is 0. The number of aliphatic hydroxyl groups is 1. The number of hydrogen-bond acceptors (Lipinski definition) is 4. The minimum Gasteiger partial charge on any atom is -0.508 e. The lowest BCUT2D eigenvalue weighted by Gasteiger charge is -2.45. The quantitative estimate of drug-likeness (QED) is 0.533. The summed E-state index contributed by atoms with van der Waals surface area (Å²) in [5.41, 5.74) is 5.94. The number of phenolic OH excluding ortho intramolecular Hbond substituents is 2. The number of rotatable bonds is 2. The second-order valence-corrected chi connectivity index (χ2v) is 4.25. The molecule has 5 N–H and O–H groups in total. The maximum atomic E-state index is 9.70. The van der Waals surface area contributed by atoms with Gasteiger partial charge in [-0.05, 0) is 31.0 Å². The van der Waals surface area contributed by atoms with E-state index in [1.54, 1.807) is 0 Å². The predicted octanol–water partition coefficient (Wildman–Crippen LogP) is 0.449. The first kappa shape index (κ1) is 10.3. The fourth-order valence-electron chi connectivity index (χ4n) is 2.29. The van der Waals surface area contributed by atoms with Gasteiger partial charge in [0, 0.05) is 17.5 Å². The molecule has 1 aromatic rings. The van der Waals surface area contributed by atoms with Gasteiger partial charge in [0.25, 0.3) is 0 Å². The molecule has 0 heterocycles. The van der Waals surface area contributed by atoms with Crippen LogP contribution in [0.5, 0.6) is 11.5 Å². The number of phenols is 2. The minimum atomic E-state index is -0.373. The lowest BCUT2D eigenvalue weighted by atomic mass is 9.62. The van der Waals surface area contributed by atoms with E-state index >= 15 is 0 Å². The maximum absolute atomic E-state index is 9.70. The van der Waals surface area contributed by atoms with Gasteiger partial charge in [0.2, 0.25) is 0 Å². The smallest absolute Gasteiger partial charge is 0.119 e. The molecule has 0 bridgehead atoms. The molecule has 0 atom stereocenters. The summed E-state index contributed by atoms with van der Waals surface area (Å²) in [4.78, 5) is 0. The minimum absolute atomic E-state index is 0.108. The molecule has 0 unspecified atom stereocenters. The van der Waals surface area contributed by atoms with Crippen molar-refractivity contribution in [2.24, 2.45) is 5.73 Å². The molecule has 2 rings (SSSR count). The normalized spacial score (nSPS) is 29.9. The van der Waals surface area contributed by atoms with Crippen LogP contribution < -0.4 is 5.73 Å². The largest absolute Gasteiger partial charge is 0.508 e. The highest BCUT2D eigenvalue weighted by atomic mass is 16.3. The Kier molecular flexibility index (Phi) is 2.32. The Labute approximate surface area is 88.0 Å². The van der Waals surface area contributed by atoms with Crippen molar-refractivity contribution < 1.29 is 15.3 Å². The molecular formula is C11H15NO3. The Hall–Kier alpha value is -1.26. The SMILES string of the molecule is NCC1(c2cc(O)ccc2O)CC(O)C1. The zero-order chi connectivity index (χ0) is 11.1. The Morgan fingerprint density at radius 1 is 1.33 bits per heavy atom. The molecule has 4 nitrogen and oxygen atoms in total. The van der Waals surface area contributed by atoms with Gasteiger partial charge in [0.05, 0.1) is 6.10 Å². The molecule has 0 amide bonds. The third kappa shape index (κ3) is 1.56. The molecule has 0 radical (unpaired) electrons. The second kappa shape index (κ2) is 3.40. The van der Waals surface area contributed by atoms with Crippen LogP contribution in [0.1, 0.15) is 18.4 Å². The van der Waals surface area contributed by atoms with Crippen molar-refractivity contribution >= 4 is 0 Å². The van der Waals surface area contributed by atoms with E-state index in [0.717, 1.165) is 0 Å². The first-order valence-electron chi connectivity index (χ1n) is 4.98. The molecule has 1 aromatic carbocycles. The summed E-state index contributed by atoms with van der Waals surface area (Å²) >= 11 is 0. The van der Waals surface area contributed by atoms with E-state index in [9.17, 15) is 15.3 Å². The predicted molar refractivity (Wildman–Crippen MR) is 55.7 cm³/mol. The van der Waals surface area contributed by atoms with Crippen LogP contribution in [0, 0.1) is 0 Å². The van der Waals surface area contributed by atoms with Crippen molar-refractivity contribution in [1.29, 1.82) is 0 Å². The Balaban J connectivity index is 2.39. The summed E-state index contributed by atoms with van der Waals surface area (Å²) in [5.74, 6) is 0.238. The van der Waals surface area contributed by atoms with E-state index in [4.69, 9.17) is 5.73 Å². The Bertz CT molecular complexity index is 372. The van der Waals surface area contributed by atoms with Crippen LogP contribution >= 0.6 is 0 Å². The van der Waals surface area contributed by atoms with E-state index in [0.29, 0.717) is 24.9 Å². The van der Waals surface area contributed by atoms with Crippen LogP contribution in [0.2, 0.25) is 0 Å². The van der Waals surface area contributed by atoms with Crippen molar-refractivity contribution in [2.45, 2.75) is 24.4 Å². The Morgan fingerprint density at radius 3 is 2.53 bits per heavy atom. The monoisotopic (exact) mass is 209 g/mol. The average molecular weight is 209 g/mol. The van der Waals surface area contributed by atoms with Crippen LogP contribution in [-0.4, -0.2) is 28.0 Å². The molecular weight excluding hydrogens is 194 g/mol. The van der Waals surface area contributed by atoms with E-state index in [-0.39, 0.29) is 23.0 Å². The van der Waals surface area contributed by atoms with Crippen molar-refractivity contribution in [3.05, 3.63) is 23.8 Å². The molecule has 82 valence electrons. The maximum Gasteiger partial charge on any atom is 0.119 e. The van der Waals surface area contributed by atoms with Gasteiger partial charge in [-0.1, -0.05) is 0 Å². The summed E-state index contributed by atoms with van der Waals surface area (Å²) in [6, 6.07) is 4.40. The van der Waals surface area contributed by atoms with Gasteiger partial charge in [-0.2, -0.15) is 0 Å². The zero-order valence-corrected chi connectivity index (χ0v) is 8.35. The van der Waals surface area contributed by atoms with Crippen molar-refractivity contribution in [2.75, 3.05) is 6.54 Å². The highest BCUT2D eigenvalue weighted by Crippen LogP contribution is 2.47. The van der Waals surface area contributed by atoms with Gasteiger partial charge in [-0.25, -0.2) is 0 Å². The van der Waals surface area contributed by atoms with E-state index in [2.05, 4.69) is 0 Å². The summed E-state index contributed by atoms with van der Waals surface area (Å²) in [6.07, 6.45) is 0.733. The van der Waals surface area contributed by atoms with Crippen molar-refractivity contribution in [3.63, 3.8) is 0 Å². The number of aliphatic hydroxyl groups excluding tert-OH is 1. The van der Waals surface area contributed by atoms with Crippen LogP contribution in [0.25, 0.3) is 0 Å². The first-order chi connectivity index (χ1) is 7.07. The van der Waals surface area contributed by atoms with E-state index in [1.807, 2.05) is 0 Å². The molecule has 1 fully saturated rings. The lowest BCUT2D eigenvalue weighted by Crippen LogP contribution is -2.49. The Morgan fingerprint density at radius 2 is 2.00 bits per heavy atom. The molecule has 1 aliphatic rings.